The second-order valence-electron chi connectivity index (χ2n) is 7.37. The normalized spacial score (nSPS) is 17.4. The molecule has 1 aliphatic rings. The molecule has 1 aromatic heterocycles. The Morgan fingerprint density at radius 2 is 2.00 bits per heavy atom. The quantitative estimate of drug-likeness (QED) is 0.682. The predicted octanol–water partition coefficient (Wildman–Crippen LogP) is 1.91. The van der Waals surface area contributed by atoms with Crippen molar-refractivity contribution >= 4 is 26.8 Å². The summed E-state index contributed by atoms with van der Waals surface area (Å²) < 4.78 is 35.3. The predicted molar refractivity (Wildman–Crippen MR) is 115 cm³/mol. The van der Waals surface area contributed by atoms with Gasteiger partial charge in [-0.3, -0.25) is 4.98 Å². The highest BCUT2D eigenvalue weighted by molar-refractivity contribution is 7.87. The Balaban J connectivity index is 1.87. The van der Waals surface area contributed by atoms with Crippen molar-refractivity contribution in [3.8, 4) is 17.6 Å². The minimum absolute atomic E-state index is 0.335. The fraction of sp³-hybridized carbons (Fsp3) is 0.500. The summed E-state index contributed by atoms with van der Waals surface area (Å²) in [6.45, 7) is 1.91. The third-order valence-corrected chi connectivity index (χ3v) is 6.09. The van der Waals surface area contributed by atoms with Crippen LogP contribution in [0.5, 0.6) is 11.5 Å². The second-order valence-corrected chi connectivity index (χ2v) is 8.75. The smallest absolute Gasteiger partial charge is 0.274 e. The van der Waals surface area contributed by atoms with Gasteiger partial charge in [0.05, 0.1) is 31.0 Å². The largest absolute Gasteiger partial charge is 0.493 e. The number of rotatable bonds is 7. The molecule has 3 rings (SSSR count). The van der Waals surface area contributed by atoms with Gasteiger partial charge in [-0.2, -0.15) is 13.7 Å². The molecule has 30 heavy (non-hydrogen) atoms. The van der Waals surface area contributed by atoms with E-state index in [1.807, 2.05) is 12.1 Å². The number of nitrogens with one attached hydrogen (secondary N) is 1. The summed E-state index contributed by atoms with van der Waals surface area (Å²) in [7, 11) is -0.501. The van der Waals surface area contributed by atoms with Gasteiger partial charge < -0.3 is 14.4 Å². The Morgan fingerprint density at radius 3 is 2.67 bits per heavy atom. The first-order valence-corrected chi connectivity index (χ1v) is 11.4. The van der Waals surface area contributed by atoms with Crippen LogP contribution < -0.4 is 24.2 Å². The zero-order valence-electron chi connectivity index (χ0n) is 17.2. The lowest BCUT2D eigenvalue weighted by molar-refractivity contribution is 0.356. The monoisotopic (exact) mass is 433 g/mol. The first-order chi connectivity index (χ1) is 14.4. The fourth-order valence-corrected chi connectivity index (χ4v) is 4.41. The van der Waals surface area contributed by atoms with Crippen LogP contribution in [-0.2, 0) is 10.2 Å². The molecule has 9 nitrogen and oxygen atoms in total. The van der Waals surface area contributed by atoms with Crippen molar-refractivity contribution in [3.05, 3.63) is 23.9 Å². The number of methoxy groups -OCH3 is 2. The Hall–Kier alpha value is -2.61. The molecule has 2 aromatic rings. The molecule has 1 aromatic carbocycles. The molecule has 1 aliphatic heterocycles. The number of anilines is 1. The fourth-order valence-electron chi connectivity index (χ4n) is 4.01. The summed E-state index contributed by atoms with van der Waals surface area (Å²) in [5, 5.41) is 15.6. The third kappa shape index (κ3) is 5.11. The van der Waals surface area contributed by atoms with Gasteiger partial charge in [0.2, 0.25) is 0 Å². The molecule has 10 heteroatoms. The van der Waals surface area contributed by atoms with Gasteiger partial charge in [0.1, 0.15) is 6.07 Å². The van der Waals surface area contributed by atoms with E-state index in [-0.39, 0.29) is 0 Å². The number of benzene rings is 1. The molecular weight excluding hydrogens is 406 g/mol. The summed E-state index contributed by atoms with van der Waals surface area (Å²) in [6, 6.07) is 5.96. The number of ether oxygens (including phenoxy) is 2. The van der Waals surface area contributed by atoms with Crippen LogP contribution in [0, 0.1) is 17.2 Å². The summed E-state index contributed by atoms with van der Waals surface area (Å²) in [5.41, 5.74) is 2.11. The molecule has 3 N–H and O–H groups in total. The molecule has 0 bridgehead atoms. The maximum Gasteiger partial charge on any atom is 0.274 e. The van der Waals surface area contributed by atoms with Gasteiger partial charge in [0.15, 0.2) is 11.5 Å². The lowest BCUT2D eigenvalue weighted by Crippen LogP contribution is -2.32. The standard InChI is InChI=1S/C20H27N5O4S/c1-28-18-10-16-17(11-19(18)29-2)23-13-15(12-21)20(16)25-8-3-4-14(6-9-25)5-7-24-30(22,26)27/h10-11,13-14,24H,3-9H2,1-2H3,(H2,22,26,27)/t14-/m0/s1. The van der Waals surface area contributed by atoms with Crippen LogP contribution in [0.15, 0.2) is 18.3 Å². The molecule has 1 atom stereocenters. The van der Waals surface area contributed by atoms with E-state index in [1.54, 1.807) is 20.4 Å². The Labute approximate surface area is 177 Å². The number of hydrogen-bond donors (Lipinski definition) is 2. The highest BCUT2D eigenvalue weighted by Crippen LogP contribution is 2.38. The summed E-state index contributed by atoms with van der Waals surface area (Å²) in [6.07, 6.45) is 5.17. The zero-order chi connectivity index (χ0) is 21.7. The molecule has 1 saturated heterocycles. The number of nitriles is 1. The van der Waals surface area contributed by atoms with Crippen LogP contribution in [0.1, 0.15) is 31.2 Å². The molecule has 0 saturated carbocycles. The Morgan fingerprint density at radius 1 is 1.27 bits per heavy atom. The van der Waals surface area contributed by atoms with Crippen LogP contribution >= 0.6 is 0 Å². The van der Waals surface area contributed by atoms with Gasteiger partial charge in [-0.05, 0) is 37.7 Å². The van der Waals surface area contributed by atoms with E-state index in [0.29, 0.717) is 29.5 Å². The molecule has 0 spiro atoms. The van der Waals surface area contributed by atoms with E-state index in [0.717, 1.165) is 55.4 Å². The maximum absolute atomic E-state index is 11.1. The first kappa shape index (κ1) is 22.1. The van der Waals surface area contributed by atoms with Gasteiger partial charge in [0, 0.05) is 37.3 Å². The molecule has 0 aliphatic carbocycles. The van der Waals surface area contributed by atoms with E-state index in [2.05, 4.69) is 20.7 Å². The Bertz CT molecular complexity index is 1050. The van der Waals surface area contributed by atoms with Crippen molar-refractivity contribution in [1.82, 2.24) is 9.71 Å². The van der Waals surface area contributed by atoms with Crippen LogP contribution in [0.25, 0.3) is 10.9 Å². The summed E-state index contributed by atoms with van der Waals surface area (Å²) in [4.78, 5) is 6.66. The van der Waals surface area contributed by atoms with Crippen molar-refractivity contribution in [2.24, 2.45) is 11.1 Å². The van der Waals surface area contributed by atoms with Gasteiger partial charge >= 0.3 is 0 Å². The number of nitrogens with two attached hydrogens (primary N) is 1. The van der Waals surface area contributed by atoms with Crippen molar-refractivity contribution in [2.45, 2.75) is 25.7 Å². The highest BCUT2D eigenvalue weighted by Gasteiger charge is 2.22. The van der Waals surface area contributed by atoms with E-state index in [9.17, 15) is 13.7 Å². The SMILES string of the molecule is COc1cc2ncc(C#N)c(N3CCC[C@@H](CCNS(N)(=O)=O)CC3)c2cc1OC. The molecular formula is C20H27N5O4S. The van der Waals surface area contributed by atoms with Crippen LogP contribution in [-0.4, -0.2) is 47.3 Å². The molecule has 162 valence electrons. The van der Waals surface area contributed by atoms with Gasteiger partial charge in [-0.1, -0.05) is 0 Å². The average molecular weight is 434 g/mol. The number of nitrogens with zero attached hydrogens (tertiary/aromatic N) is 3. The number of pyridine rings is 1. The number of aromatic nitrogens is 1. The molecule has 0 radical (unpaired) electrons. The third-order valence-electron chi connectivity index (χ3n) is 5.49. The maximum atomic E-state index is 11.1. The summed E-state index contributed by atoms with van der Waals surface area (Å²) >= 11 is 0. The molecule has 1 fully saturated rings. The lowest BCUT2D eigenvalue weighted by Gasteiger charge is -2.26. The first-order valence-electron chi connectivity index (χ1n) is 9.83. The van der Waals surface area contributed by atoms with Crippen LogP contribution in [0.2, 0.25) is 0 Å². The van der Waals surface area contributed by atoms with Crippen LogP contribution in [0.4, 0.5) is 5.69 Å². The van der Waals surface area contributed by atoms with Crippen molar-refractivity contribution < 1.29 is 17.9 Å². The minimum atomic E-state index is -3.66. The lowest BCUT2D eigenvalue weighted by atomic mass is 9.97. The van der Waals surface area contributed by atoms with Crippen molar-refractivity contribution in [3.63, 3.8) is 0 Å². The number of hydrogen-bond acceptors (Lipinski definition) is 7. The average Bonchev–Trinajstić information content (AvgIpc) is 2.96. The number of fused-ring (bicyclic) bond motifs is 1. The van der Waals surface area contributed by atoms with Gasteiger partial charge in [-0.15, -0.1) is 0 Å². The van der Waals surface area contributed by atoms with Gasteiger partial charge in [-0.25, -0.2) is 9.86 Å². The van der Waals surface area contributed by atoms with E-state index >= 15 is 0 Å². The summed E-state index contributed by atoms with van der Waals surface area (Å²) in [5.74, 6) is 1.56. The molecule has 0 unspecified atom stereocenters. The topological polar surface area (TPSA) is 131 Å². The van der Waals surface area contributed by atoms with Gasteiger partial charge in [0.25, 0.3) is 10.2 Å². The zero-order valence-corrected chi connectivity index (χ0v) is 18.0. The molecule has 2 heterocycles. The van der Waals surface area contributed by atoms with Crippen molar-refractivity contribution in [1.29, 1.82) is 5.26 Å². The van der Waals surface area contributed by atoms with E-state index in [1.165, 1.54) is 0 Å². The van der Waals surface area contributed by atoms with Crippen molar-refractivity contribution in [2.75, 3.05) is 38.8 Å². The highest BCUT2D eigenvalue weighted by atomic mass is 32.2. The second kappa shape index (κ2) is 9.47. The minimum Gasteiger partial charge on any atom is -0.493 e. The Kier molecular flexibility index (Phi) is 6.97. The van der Waals surface area contributed by atoms with Crippen LogP contribution in [0.3, 0.4) is 0 Å². The molecule has 0 amide bonds. The van der Waals surface area contributed by atoms with E-state index in [4.69, 9.17) is 14.6 Å². The van der Waals surface area contributed by atoms with E-state index < -0.39 is 10.2 Å².